The standard InChI is InChI=1S/C19H25ClN2O3S2/c1-5-21(13-16-10-11-18(20)26-16)19(23)15-9-8-14(4)17(12-15)27(24,25)22(6-2)7-3/h8-12H,5-7,13H2,1-4H3. The molecule has 0 fully saturated rings. The zero-order chi connectivity index (χ0) is 20.2. The van der Waals surface area contributed by atoms with Crippen molar-refractivity contribution in [3.05, 3.63) is 50.7 Å². The fraction of sp³-hybridized carbons (Fsp3) is 0.421. The second-order valence-corrected chi connectivity index (χ2v) is 9.80. The molecule has 2 rings (SSSR count). The van der Waals surface area contributed by atoms with Crippen LogP contribution in [0.25, 0.3) is 0 Å². The van der Waals surface area contributed by atoms with E-state index in [2.05, 4.69) is 0 Å². The average molecular weight is 429 g/mol. The van der Waals surface area contributed by atoms with Crippen molar-refractivity contribution in [2.24, 2.45) is 0 Å². The first-order valence-electron chi connectivity index (χ1n) is 8.88. The van der Waals surface area contributed by atoms with Gasteiger partial charge in [-0.3, -0.25) is 4.79 Å². The van der Waals surface area contributed by atoms with Gasteiger partial charge in [-0.25, -0.2) is 8.42 Å². The number of aryl methyl sites for hydroxylation is 1. The SMILES string of the molecule is CCN(Cc1ccc(Cl)s1)C(=O)c1ccc(C)c(S(=O)(=O)N(CC)CC)c1. The van der Waals surface area contributed by atoms with Gasteiger partial charge in [0.25, 0.3) is 5.91 Å². The van der Waals surface area contributed by atoms with Gasteiger partial charge in [0.05, 0.1) is 15.8 Å². The van der Waals surface area contributed by atoms with Crippen molar-refractivity contribution in [1.29, 1.82) is 0 Å². The minimum absolute atomic E-state index is 0.187. The highest BCUT2D eigenvalue weighted by molar-refractivity contribution is 7.89. The molecule has 0 aliphatic carbocycles. The molecule has 0 N–H and O–H groups in total. The van der Waals surface area contributed by atoms with E-state index in [4.69, 9.17) is 11.6 Å². The highest BCUT2D eigenvalue weighted by Gasteiger charge is 2.25. The summed E-state index contributed by atoms with van der Waals surface area (Å²) in [5.41, 5.74) is 1.00. The molecule has 27 heavy (non-hydrogen) atoms. The van der Waals surface area contributed by atoms with Crippen LogP contribution in [-0.4, -0.2) is 43.2 Å². The number of benzene rings is 1. The Morgan fingerprint density at radius 2 is 1.74 bits per heavy atom. The molecule has 148 valence electrons. The maximum absolute atomic E-state index is 13.0. The first kappa shape index (κ1) is 21.9. The van der Waals surface area contributed by atoms with Crippen molar-refractivity contribution in [2.75, 3.05) is 19.6 Å². The Morgan fingerprint density at radius 1 is 1.07 bits per heavy atom. The lowest BCUT2D eigenvalue weighted by Gasteiger charge is -2.22. The van der Waals surface area contributed by atoms with Crippen molar-refractivity contribution in [1.82, 2.24) is 9.21 Å². The Hall–Kier alpha value is -1.41. The van der Waals surface area contributed by atoms with E-state index < -0.39 is 10.0 Å². The molecule has 0 aliphatic rings. The van der Waals surface area contributed by atoms with Crippen molar-refractivity contribution < 1.29 is 13.2 Å². The van der Waals surface area contributed by atoms with Gasteiger partial charge in [-0.2, -0.15) is 4.31 Å². The highest BCUT2D eigenvalue weighted by Crippen LogP contribution is 2.25. The predicted octanol–water partition coefficient (Wildman–Crippen LogP) is 4.40. The van der Waals surface area contributed by atoms with Gasteiger partial charge in [0, 0.05) is 30.1 Å². The smallest absolute Gasteiger partial charge is 0.254 e. The molecule has 0 radical (unpaired) electrons. The third kappa shape index (κ3) is 4.90. The van der Waals surface area contributed by atoms with Crippen LogP contribution in [0.4, 0.5) is 0 Å². The molecule has 1 heterocycles. The lowest BCUT2D eigenvalue weighted by molar-refractivity contribution is 0.0754. The Balaban J connectivity index is 2.36. The van der Waals surface area contributed by atoms with Crippen LogP contribution in [0, 0.1) is 6.92 Å². The van der Waals surface area contributed by atoms with Gasteiger partial charge >= 0.3 is 0 Å². The highest BCUT2D eigenvalue weighted by atomic mass is 35.5. The molecule has 8 heteroatoms. The third-order valence-corrected chi connectivity index (χ3v) is 7.81. The Kier molecular flexibility index (Phi) is 7.45. The number of carbonyl (C=O) groups is 1. The number of nitrogens with zero attached hydrogens (tertiary/aromatic N) is 2. The second-order valence-electron chi connectivity index (χ2n) is 6.09. The molecular formula is C19H25ClN2O3S2. The van der Waals surface area contributed by atoms with Gasteiger partial charge in [-0.15, -0.1) is 11.3 Å². The Bertz CT molecular complexity index is 905. The van der Waals surface area contributed by atoms with Crippen LogP contribution in [0.2, 0.25) is 4.34 Å². The number of thiophene rings is 1. The summed E-state index contributed by atoms with van der Waals surface area (Å²) in [6.45, 7) is 8.98. The number of sulfonamides is 1. The van der Waals surface area contributed by atoms with E-state index in [1.54, 1.807) is 43.9 Å². The summed E-state index contributed by atoms with van der Waals surface area (Å²) in [6.07, 6.45) is 0. The molecule has 0 aliphatic heterocycles. The van der Waals surface area contributed by atoms with Gasteiger partial charge in [0.2, 0.25) is 10.0 Å². The number of hydrogen-bond donors (Lipinski definition) is 0. The second kappa shape index (κ2) is 9.19. The maximum Gasteiger partial charge on any atom is 0.254 e. The molecular weight excluding hydrogens is 404 g/mol. The van der Waals surface area contributed by atoms with Crippen LogP contribution in [0.15, 0.2) is 35.2 Å². The van der Waals surface area contributed by atoms with Gasteiger partial charge < -0.3 is 4.90 Å². The number of hydrogen-bond acceptors (Lipinski definition) is 4. The van der Waals surface area contributed by atoms with E-state index >= 15 is 0 Å². The third-order valence-electron chi connectivity index (χ3n) is 4.40. The Morgan fingerprint density at radius 3 is 2.26 bits per heavy atom. The molecule has 1 amide bonds. The molecule has 0 spiro atoms. The summed E-state index contributed by atoms with van der Waals surface area (Å²) in [7, 11) is -3.63. The number of rotatable bonds is 8. The van der Waals surface area contributed by atoms with Crippen molar-refractivity contribution in [3.8, 4) is 0 Å². The molecule has 0 saturated carbocycles. The van der Waals surface area contributed by atoms with Gasteiger partial charge in [0.15, 0.2) is 0 Å². The zero-order valence-corrected chi connectivity index (χ0v) is 18.4. The monoisotopic (exact) mass is 428 g/mol. The number of carbonyl (C=O) groups excluding carboxylic acids is 1. The van der Waals surface area contributed by atoms with E-state index in [0.717, 1.165) is 4.88 Å². The van der Waals surface area contributed by atoms with E-state index in [-0.39, 0.29) is 10.8 Å². The molecule has 1 aromatic carbocycles. The number of amides is 1. The summed E-state index contributed by atoms with van der Waals surface area (Å²) in [6, 6.07) is 8.58. The topological polar surface area (TPSA) is 57.7 Å². The largest absolute Gasteiger partial charge is 0.334 e. The lowest BCUT2D eigenvalue weighted by atomic mass is 10.1. The average Bonchev–Trinajstić information content (AvgIpc) is 3.05. The molecule has 0 atom stereocenters. The Labute approximate surface area is 170 Å². The zero-order valence-electron chi connectivity index (χ0n) is 16.0. The summed E-state index contributed by atoms with van der Waals surface area (Å²) >= 11 is 7.41. The molecule has 2 aromatic rings. The molecule has 0 bridgehead atoms. The summed E-state index contributed by atoms with van der Waals surface area (Å²) in [5.74, 6) is -0.196. The van der Waals surface area contributed by atoms with Crippen molar-refractivity contribution in [3.63, 3.8) is 0 Å². The molecule has 0 saturated heterocycles. The van der Waals surface area contributed by atoms with Crippen LogP contribution in [0.3, 0.4) is 0 Å². The van der Waals surface area contributed by atoms with Crippen LogP contribution in [0.5, 0.6) is 0 Å². The minimum Gasteiger partial charge on any atom is -0.334 e. The molecule has 5 nitrogen and oxygen atoms in total. The van der Waals surface area contributed by atoms with Gasteiger partial charge in [-0.05, 0) is 43.7 Å². The quantitative estimate of drug-likeness (QED) is 0.626. The van der Waals surface area contributed by atoms with E-state index in [1.807, 2.05) is 13.0 Å². The predicted molar refractivity (Wildman–Crippen MR) is 111 cm³/mol. The molecule has 1 aromatic heterocycles. The van der Waals surface area contributed by atoms with Crippen LogP contribution >= 0.6 is 22.9 Å². The van der Waals surface area contributed by atoms with E-state index in [1.165, 1.54) is 21.7 Å². The van der Waals surface area contributed by atoms with Crippen molar-refractivity contribution >= 4 is 38.9 Å². The fourth-order valence-corrected chi connectivity index (χ4v) is 5.66. The summed E-state index contributed by atoms with van der Waals surface area (Å²) < 4.78 is 27.9. The molecule has 0 unspecified atom stereocenters. The lowest BCUT2D eigenvalue weighted by Crippen LogP contribution is -2.32. The first-order chi connectivity index (χ1) is 12.7. The first-order valence-corrected chi connectivity index (χ1v) is 11.5. The van der Waals surface area contributed by atoms with Gasteiger partial charge in [0.1, 0.15) is 0 Å². The van der Waals surface area contributed by atoms with E-state index in [9.17, 15) is 13.2 Å². The summed E-state index contributed by atoms with van der Waals surface area (Å²) in [4.78, 5) is 15.8. The van der Waals surface area contributed by atoms with Crippen LogP contribution < -0.4 is 0 Å². The minimum atomic E-state index is -3.63. The van der Waals surface area contributed by atoms with E-state index in [0.29, 0.717) is 41.6 Å². The summed E-state index contributed by atoms with van der Waals surface area (Å²) in [5, 5.41) is 0. The maximum atomic E-state index is 13.0. The van der Waals surface area contributed by atoms with Crippen LogP contribution in [0.1, 0.15) is 41.6 Å². The van der Waals surface area contributed by atoms with Crippen molar-refractivity contribution in [2.45, 2.75) is 39.1 Å². The van der Waals surface area contributed by atoms with Crippen LogP contribution in [-0.2, 0) is 16.6 Å². The number of halogens is 1. The fourth-order valence-electron chi connectivity index (χ4n) is 2.85. The van der Waals surface area contributed by atoms with Gasteiger partial charge in [-0.1, -0.05) is 31.5 Å². The normalized spacial score (nSPS) is 11.8.